The van der Waals surface area contributed by atoms with Gasteiger partial charge in [0.05, 0.1) is 27.8 Å². The van der Waals surface area contributed by atoms with Crippen molar-refractivity contribution in [3.8, 4) is 0 Å². The molecule has 32 heavy (non-hydrogen) atoms. The topological polar surface area (TPSA) is 126 Å². The van der Waals surface area contributed by atoms with E-state index in [1.165, 1.54) is 24.3 Å². The van der Waals surface area contributed by atoms with Crippen LogP contribution in [0.1, 0.15) is 16.2 Å². The molecule has 0 bridgehead atoms. The Morgan fingerprint density at radius 2 is 1.62 bits per heavy atom. The molecule has 9 nitrogen and oxygen atoms in total. The van der Waals surface area contributed by atoms with Gasteiger partial charge >= 0.3 is 5.97 Å². The molecule has 1 aromatic heterocycles. The van der Waals surface area contributed by atoms with E-state index in [2.05, 4.69) is 20.8 Å². The van der Waals surface area contributed by atoms with E-state index in [1.54, 1.807) is 29.8 Å². The van der Waals surface area contributed by atoms with Crippen LogP contribution in [0, 0.1) is 0 Å². The Bertz CT molecular complexity index is 1170. The van der Waals surface area contributed by atoms with Gasteiger partial charge in [-0.25, -0.2) is 4.79 Å². The summed E-state index contributed by atoms with van der Waals surface area (Å²) in [4.78, 5) is 35.3. The molecule has 0 unspecified atom stereocenters. The molecule has 3 aromatic rings. The molecular weight excluding hydrogens is 477 g/mol. The van der Waals surface area contributed by atoms with Crippen LogP contribution in [-0.4, -0.2) is 43.4 Å². The van der Waals surface area contributed by atoms with Crippen molar-refractivity contribution in [2.75, 3.05) is 16.4 Å². The fraction of sp³-hybridized carbons (Fsp3) is 0.150. The molecule has 0 fully saturated rings. The Hall–Kier alpha value is -3.08. The van der Waals surface area contributed by atoms with Crippen molar-refractivity contribution < 1.29 is 19.5 Å². The summed E-state index contributed by atoms with van der Waals surface area (Å²) in [5.41, 5.74) is 1.12. The van der Waals surface area contributed by atoms with Crippen molar-refractivity contribution in [2.24, 2.45) is 7.05 Å². The van der Waals surface area contributed by atoms with E-state index in [9.17, 15) is 14.4 Å². The van der Waals surface area contributed by atoms with Gasteiger partial charge in [-0.15, -0.1) is 10.2 Å². The van der Waals surface area contributed by atoms with Gasteiger partial charge in [0.1, 0.15) is 5.82 Å². The maximum atomic E-state index is 12.3. The number of halogens is 2. The monoisotopic (exact) mass is 493 g/mol. The Balaban J connectivity index is 1.52. The molecule has 2 amide bonds. The molecule has 0 spiro atoms. The smallest absolute Gasteiger partial charge is 0.335 e. The van der Waals surface area contributed by atoms with Gasteiger partial charge in [-0.3, -0.25) is 9.59 Å². The van der Waals surface area contributed by atoms with Gasteiger partial charge in [0, 0.05) is 18.4 Å². The number of carbonyl (C=O) groups excluding carboxylic acids is 2. The van der Waals surface area contributed by atoms with E-state index in [4.69, 9.17) is 28.3 Å². The fourth-order valence-corrected chi connectivity index (χ4v) is 3.60. The number of hydrogen-bond donors (Lipinski definition) is 3. The quantitative estimate of drug-likeness (QED) is 0.408. The first-order valence-corrected chi connectivity index (χ1v) is 10.9. The number of amides is 2. The van der Waals surface area contributed by atoms with Gasteiger partial charge in [0.2, 0.25) is 11.8 Å². The molecular formula is C20H17Cl2N5O4S. The van der Waals surface area contributed by atoms with Crippen LogP contribution in [0.2, 0.25) is 10.0 Å². The first-order chi connectivity index (χ1) is 15.2. The molecule has 1 heterocycles. The number of aromatic nitrogens is 3. The zero-order valence-electron chi connectivity index (χ0n) is 16.6. The first-order valence-electron chi connectivity index (χ1n) is 9.12. The minimum Gasteiger partial charge on any atom is -0.478 e. The van der Waals surface area contributed by atoms with Gasteiger partial charge in [-0.1, -0.05) is 35.0 Å². The van der Waals surface area contributed by atoms with E-state index in [1.807, 2.05) is 0 Å². The second-order valence-corrected chi connectivity index (χ2v) is 8.29. The number of aromatic carboxylic acids is 1. The number of carboxylic acids is 1. The lowest BCUT2D eigenvalue weighted by atomic mass is 10.2. The van der Waals surface area contributed by atoms with Gasteiger partial charge in [0.25, 0.3) is 0 Å². The number of anilines is 2. The molecule has 0 saturated heterocycles. The van der Waals surface area contributed by atoms with E-state index < -0.39 is 5.97 Å². The van der Waals surface area contributed by atoms with Crippen LogP contribution < -0.4 is 10.6 Å². The number of carboxylic acid groups (broad SMARTS) is 1. The zero-order chi connectivity index (χ0) is 23.3. The maximum absolute atomic E-state index is 12.3. The fourth-order valence-electron chi connectivity index (χ4n) is 2.57. The molecule has 0 radical (unpaired) electrons. The molecule has 166 valence electrons. The van der Waals surface area contributed by atoms with E-state index >= 15 is 0 Å². The van der Waals surface area contributed by atoms with Crippen molar-refractivity contribution in [3.63, 3.8) is 0 Å². The van der Waals surface area contributed by atoms with Crippen LogP contribution in [-0.2, 0) is 23.1 Å². The molecule has 3 N–H and O–H groups in total. The number of hydrogen-bond acceptors (Lipinski definition) is 6. The summed E-state index contributed by atoms with van der Waals surface area (Å²) in [7, 11) is 1.70. The number of nitrogens with zero attached hydrogens (tertiary/aromatic N) is 3. The lowest BCUT2D eigenvalue weighted by molar-refractivity contribution is -0.116. The molecule has 0 aliphatic carbocycles. The highest BCUT2D eigenvalue weighted by Crippen LogP contribution is 2.25. The average molecular weight is 494 g/mol. The van der Waals surface area contributed by atoms with Crippen LogP contribution in [0.5, 0.6) is 0 Å². The minimum atomic E-state index is -1.04. The van der Waals surface area contributed by atoms with Crippen molar-refractivity contribution in [1.29, 1.82) is 0 Å². The van der Waals surface area contributed by atoms with Crippen LogP contribution in [0.25, 0.3) is 0 Å². The molecule has 0 aliphatic rings. The number of rotatable bonds is 8. The second kappa shape index (κ2) is 10.5. The van der Waals surface area contributed by atoms with Gasteiger partial charge in [-0.05, 0) is 42.5 Å². The van der Waals surface area contributed by atoms with Crippen molar-refractivity contribution in [3.05, 3.63) is 63.9 Å². The highest BCUT2D eigenvalue weighted by atomic mass is 35.5. The third-order valence-corrected chi connectivity index (χ3v) is 5.95. The molecule has 0 saturated carbocycles. The lowest BCUT2D eigenvalue weighted by Gasteiger charge is -2.07. The Kier molecular flexibility index (Phi) is 7.73. The summed E-state index contributed by atoms with van der Waals surface area (Å²) in [5, 5.41) is 23.5. The van der Waals surface area contributed by atoms with Crippen molar-refractivity contribution in [2.45, 2.75) is 11.6 Å². The number of benzene rings is 2. The summed E-state index contributed by atoms with van der Waals surface area (Å²) in [6.45, 7) is 0. The van der Waals surface area contributed by atoms with Crippen LogP contribution in [0.3, 0.4) is 0 Å². The van der Waals surface area contributed by atoms with Gasteiger partial charge < -0.3 is 20.3 Å². The predicted molar refractivity (Wildman–Crippen MR) is 123 cm³/mol. The Morgan fingerprint density at radius 3 is 2.28 bits per heavy atom. The lowest BCUT2D eigenvalue weighted by Crippen LogP contribution is -2.17. The van der Waals surface area contributed by atoms with Crippen LogP contribution >= 0.6 is 35.0 Å². The summed E-state index contributed by atoms with van der Waals surface area (Å²) >= 11 is 13.0. The highest BCUT2D eigenvalue weighted by Gasteiger charge is 2.15. The molecule has 0 aliphatic heterocycles. The maximum Gasteiger partial charge on any atom is 0.335 e. The zero-order valence-corrected chi connectivity index (χ0v) is 19.0. The second-order valence-electron chi connectivity index (χ2n) is 6.53. The van der Waals surface area contributed by atoms with E-state index in [-0.39, 0.29) is 29.6 Å². The SMILES string of the molecule is Cn1c(CC(=O)Nc2ccc(Cl)c(Cl)c2)nnc1SCC(=O)Nc1ccc(C(=O)O)cc1. The first kappa shape index (κ1) is 23.6. The van der Waals surface area contributed by atoms with Crippen LogP contribution in [0.15, 0.2) is 47.6 Å². The summed E-state index contributed by atoms with van der Waals surface area (Å²) in [5.74, 6) is -1.16. The molecule has 0 atom stereocenters. The standard InChI is InChI=1S/C20H17Cl2N5O4S/c1-27-16(9-17(28)24-13-6-7-14(21)15(22)8-13)25-26-20(27)32-10-18(29)23-12-4-2-11(3-5-12)19(30)31/h2-8H,9-10H2,1H3,(H,23,29)(H,24,28)(H,30,31). The number of carbonyl (C=O) groups is 3. The Morgan fingerprint density at radius 1 is 0.969 bits per heavy atom. The molecule has 2 aromatic carbocycles. The van der Waals surface area contributed by atoms with E-state index in [0.717, 1.165) is 11.8 Å². The third-order valence-electron chi connectivity index (χ3n) is 4.20. The van der Waals surface area contributed by atoms with Gasteiger partial charge in [-0.2, -0.15) is 0 Å². The summed E-state index contributed by atoms with van der Waals surface area (Å²) in [6.07, 6.45) is -0.0214. The Labute approximate surface area is 197 Å². The van der Waals surface area contributed by atoms with Crippen molar-refractivity contribution >= 4 is 64.1 Å². The van der Waals surface area contributed by atoms with Crippen LogP contribution in [0.4, 0.5) is 11.4 Å². The molecule has 12 heteroatoms. The van der Waals surface area contributed by atoms with Gasteiger partial charge in [0.15, 0.2) is 5.16 Å². The normalized spacial score (nSPS) is 10.6. The molecule has 3 rings (SSSR count). The summed E-state index contributed by atoms with van der Waals surface area (Å²) in [6, 6.07) is 10.6. The van der Waals surface area contributed by atoms with E-state index in [0.29, 0.717) is 32.4 Å². The largest absolute Gasteiger partial charge is 0.478 e. The summed E-state index contributed by atoms with van der Waals surface area (Å²) < 4.78 is 1.63. The minimum absolute atomic E-state index is 0.0214. The number of thioether (sulfide) groups is 1. The average Bonchev–Trinajstić information content (AvgIpc) is 3.09. The highest BCUT2D eigenvalue weighted by molar-refractivity contribution is 7.99. The predicted octanol–water partition coefficient (Wildman–Crippen LogP) is 3.73. The van der Waals surface area contributed by atoms with Crippen molar-refractivity contribution in [1.82, 2.24) is 14.8 Å². The third kappa shape index (κ3) is 6.22. The number of nitrogens with one attached hydrogen (secondary N) is 2.